The summed E-state index contributed by atoms with van der Waals surface area (Å²) >= 11 is 1.37. The van der Waals surface area contributed by atoms with Gasteiger partial charge in [0.2, 0.25) is 0 Å². The lowest BCUT2D eigenvalue weighted by atomic mass is 10.1. The Hall–Kier alpha value is -1.38. The van der Waals surface area contributed by atoms with Crippen molar-refractivity contribution >= 4 is 31.7 Å². The molecule has 0 N–H and O–H groups in total. The molecule has 25 heavy (non-hydrogen) atoms. The quantitative estimate of drug-likeness (QED) is 0.688. The van der Waals surface area contributed by atoms with Gasteiger partial charge in [0.05, 0.1) is 22.6 Å². The summed E-state index contributed by atoms with van der Waals surface area (Å²) in [5, 5.41) is 0.533. The predicted octanol–water partition coefficient (Wildman–Crippen LogP) is 4.30. The molecule has 0 amide bonds. The van der Waals surface area contributed by atoms with Crippen LogP contribution in [0.5, 0.6) is 10.9 Å². The lowest BCUT2D eigenvalue weighted by Gasteiger charge is -2.22. The summed E-state index contributed by atoms with van der Waals surface area (Å²) < 4.78 is 40.7. The van der Waals surface area contributed by atoms with Gasteiger partial charge in [-0.25, -0.2) is 4.98 Å². The second-order valence-corrected chi connectivity index (χ2v) is 9.73. The lowest BCUT2D eigenvalue weighted by Crippen LogP contribution is -2.23. The van der Waals surface area contributed by atoms with Crippen LogP contribution >= 0.6 is 11.3 Å². The number of rotatable bonds is 6. The number of ether oxygens (including phenoxy) is 2. The van der Waals surface area contributed by atoms with E-state index in [-0.39, 0.29) is 11.7 Å². The third-order valence-corrected chi connectivity index (χ3v) is 4.64. The third-order valence-electron chi connectivity index (χ3n) is 2.99. The minimum absolute atomic E-state index is 0.000925. The van der Waals surface area contributed by atoms with E-state index < -0.39 is 16.2 Å². The molecule has 0 aliphatic carbocycles. The zero-order valence-corrected chi connectivity index (χ0v) is 17.2. The van der Waals surface area contributed by atoms with Crippen molar-refractivity contribution in [2.45, 2.75) is 59.4 Å². The standard InChI is InChI=1S/C17H25NO5S2/c1-10(2)21-16-18-14-9-12(22-17(4,5)6)8-13(15(14)24-16)11(3)23-25(7,19)20/h8-11H,1-7H3/t11-/m0/s1. The Morgan fingerprint density at radius 1 is 1.16 bits per heavy atom. The van der Waals surface area contributed by atoms with E-state index in [2.05, 4.69) is 4.98 Å². The average molecular weight is 388 g/mol. The minimum Gasteiger partial charge on any atom is -0.488 e. The average Bonchev–Trinajstić information content (AvgIpc) is 2.74. The van der Waals surface area contributed by atoms with E-state index in [1.54, 1.807) is 13.0 Å². The fourth-order valence-electron chi connectivity index (χ4n) is 2.29. The van der Waals surface area contributed by atoms with Crippen molar-refractivity contribution in [1.29, 1.82) is 0 Å². The highest BCUT2D eigenvalue weighted by Crippen LogP contribution is 2.38. The normalized spacial score (nSPS) is 14.1. The molecule has 0 saturated heterocycles. The molecule has 0 aliphatic heterocycles. The number of fused-ring (bicyclic) bond motifs is 1. The highest BCUT2D eigenvalue weighted by atomic mass is 32.2. The Kier molecular flexibility index (Phi) is 5.65. The molecule has 140 valence electrons. The summed E-state index contributed by atoms with van der Waals surface area (Å²) in [5.74, 6) is 0.611. The van der Waals surface area contributed by atoms with Crippen molar-refractivity contribution in [3.8, 4) is 10.9 Å². The van der Waals surface area contributed by atoms with E-state index in [1.807, 2.05) is 40.7 Å². The van der Waals surface area contributed by atoms with Crippen LogP contribution in [0.3, 0.4) is 0 Å². The van der Waals surface area contributed by atoms with Crippen LogP contribution in [0.2, 0.25) is 0 Å². The predicted molar refractivity (Wildman–Crippen MR) is 100 cm³/mol. The second kappa shape index (κ2) is 7.09. The summed E-state index contributed by atoms with van der Waals surface area (Å²) in [6.07, 6.45) is 0.378. The summed E-state index contributed by atoms with van der Waals surface area (Å²) in [6, 6.07) is 3.64. The fraction of sp³-hybridized carbons (Fsp3) is 0.588. The molecule has 0 saturated carbocycles. The maximum Gasteiger partial charge on any atom is 0.274 e. The van der Waals surface area contributed by atoms with Gasteiger partial charge in [-0.05, 0) is 47.6 Å². The number of nitrogens with zero attached hydrogens (tertiary/aromatic N) is 1. The molecule has 0 unspecified atom stereocenters. The molecule has 1 aromatic heterocycles. The maximum absolute atomic E-state index is 11.5. The number of benzene rings is 1. The number of hydrogen-bond acceptors (Lipinski definition) is 7. The van der Waals surface area contributed by atoms with E-state index in [0.29, 0.717) is 22.0 Å². The van der Waals surface area contributed by atoms with Crippen LogP contribution in [-0.2, 0) is 14.3 Å². The smallest absolute Gasteiger partial charge is 0.274 e. The first kappa shape index (κ1) is 19.9. The van der Waals surface area contributed by atoms with Crippen LogP contribution in [0.4, 0.5) is 0 Å². The molecule has 0 bridgehead atoms. The van der Waals surface area contributed by atoms with Crippen molar-refractivity contribution in [2.24, 2.45) is 0 Å². The van der Waals surface area contributed by atoms with Crippen LogP contribution < -0.4 is 9.47 Å². The molecule has 0 fully saturated rings. The molecule has 1 heterocycles. The summed E-state index contributed by atoms with van der Waals surface area (Å²) in [6.45, 7) is 11.4. The first-order valence-corrected chi connectivity index (χ1v) is 10.7. The van der Waals surface area contributed by atoms with Crippen molar-refractivity contribution < 1.29 is 22.1 Å². The Morgan fingerprint density at radius 2 is 1.80 bits per heavy atom. The van der Waals surface area contributed by atoms with Crippen molar-refractivity contribution in [3.05, 3.63) is 17.7 Å². The topological polar surface area (TPSA) is 74.7 Å². The highest BCUT2D eigenvalue weighted by molar-refractivity contribution is 7.86. The molecule has 0 spiro atoms. The monoisotopic (exact) mass is 387 g/mol. The Bertz CT molecular complexity index is 850. The minimum atomic E-state index is -3.59. The zero-order chi connectivity index (χ0) is 19.0. The third kappa shape index (κ3) is 5.83. The van der Waals surface area contributed by atoms with Gasteiger partial charge in [-0.2, -0.15) is 8.42 Å². The second-order valence-electron chi connectivity index (χ2n) is 7.16. The maximum atomic E-state index is 11.5. The van der Waals surface area contributed by atoms with Gasteiger partial charge in [0, 0.05) is 11.6 Å². The van der Waals surface area contributed by atoms with Gasteiger partial charge >= 0.3 is 0 Å². The number of thiazole rings is 1. The molecular formula is C17H25NO5S2. The van der Waals surface area contributed by atoms with Crippen LogP contribution in [0.15, 0.2) is 12.1 Å². The van der Waals surface area contributed by atoms with Gasteiger partial charge in [0.25, 0.3) is 15.3 Å². The molecule has 0 radical (unpaired) electrons. The van der Waals surface area contributed by atoms with E-state index in [0.717, 1.165) is 11.0 Å². The van der Waals surface area contributed by atoms with E-state index in [4.69, 9.17) is 13.7 Å². The van der Waals surface area contributed by atoms with Gasteiger partial charge < -0.3 is 9.47 Å². The molecule has 1 atom stereocenters. The van der Waals surface area contributed by atoms with E-state index >= 15 is 0 Å². The van der Waals surface area contributed by atoms with Crippen molar-refractivity contribution in [2.75, 3.05) is 6.26 Å². The first-order chi connectivity index (χ1) is 11.3. The van der Waals surface area contributed by atoms with Gasteiger partial charge in [-0.1, -0.05) is 11.3 Å². The molecule has 0 aliphatic rings. The Morgan fingerprint density at radius 3 is 2.32 bits per heavy atom. The van der Waals surface area contributed by atoms with Crippen molar-refractivity contribution in [3.63, 3.8) is 0 Å². The Labute approximate surface area is 153 Å². The van der Waals surface area contributed by atoms with E-state index in [1.165, 1.54) is 11.3 Å². The van der Waals surface area contributed by atoms with Crippen LogP contribution in [0, 0.1) is 0 Å². The summed E-state index contributed by atoms with van der Waals surface area (Å²) in [5.41, 5.74) is 1.01. The molecule has 2 aromatic rings. The summed E-state index contributed by atoms with van der Waals surface area (Å²) in [7, 11) is -3.59. The SMILES string of the molecule is CC(C)Oc1nc2cc(OC(C)(C)C)cc([C@H](C)OS(C)(=O)=O)c2s1. The highest BCUT2D eigenvalue weighted by Gasteiger charge is 2.22. The van der Waals surface area contributed by atoms with Gasteiger partial charge in [0.1, 0.15) is 17.5 Å². The molecule has 6 nitrogen and oxygen atoms in total. The summed E-state index contributed by atoms with van der Waals surface area (Å²) in [4.78, 5) is 4.49. The number of hydrogen-bond donors (Lipinski definition) is 0. The molecular weight excluding hydrogens is 362 g/mol. The van der Waals surface area contributed by atoms with Gasteiger partial charge in [-0.15, -0.1) is 0 Å². The van der Waals surface area contributed by atoms with Gasteiger partial charge in [0.15, 0.2) is 0 Å². The molecule has 1 aromatic carbocycles. The van der Waals surface area contributed by atoms with Crippen molar-refractivity contribution in [1.82, 2.24) is 4.98 Å². The van der Waals surface area contributed by atoms with Gasteiger partial charge in [-0.3, -0.25) is 4.18 Å². The largest absolute Gasteiger partial charge is 0.488 e. The first-order valence-electron chi connectivity index (χ1n) is 8.02. The van der Waals surface area contributed by atoms with E-state index in [9.17, 15) is 8.42 Å². The Balaban J connectivity index is 2.55. The van der Waals surface area contributed by atoms with Crippen LogP contribution in [0.25, 0.3) is 10.2 Å². The lowest BCUT2D eigenvalue weighted by molar-refractivity contribution is 0.130. The number of aromatic nitrogens is 1. The zero-order valence-electron chi connectivity index (χ0n) is 15.6. The van der Waals surface area contributed by atoms with Crippen LogP contribution in [-0.4, -0.2) is 31.4 Å². The van der Waals surface area contributed by atoms with Crippen LogP contribution in [0.1, 0.15) is 53.2 Å². The molecule has 8 heteroatoms. The molecule has 2 rings (SSSR count). The fourth-order valence-corrected chi connectivity index (χ4v) is 4.03.